The van der Waals surface area contributed by atoms with Gasteiger partial charge >= 0.3 is 0 Å². The summed E-state index contributed by atoms with van der Waals surface area (Å²) in [5.74, 6) is 0. The molecule has 0 aromatic heterocycles. The Morgan fingerprint density at radius 3 is 0.796 bits per heavy atom. The van der Waals surface area contributed by atoms with Crippen LogP contribution in [0.1, 0.15) is 76.7 Å². The summed E-state index contributed by atoms with van der Waals surface area (Å²) in [5.41, 5.74) is 1.50. The third kappa shape index (κ3) is 7.99. The Hall–Kier alpha value is -2.94. The Morgan fingerprint density at radius 1 is 0.296 bits per heavy atom. The van der Waals surface area contributed by atoms with Crippen molar-refractivity contribution < 1.29 is 0 Å². The molecule has 0 saturated heterocycles. The second-order valence-electron chi connectivity index (χ2n) is 14.3. The first-order valence-corrected chi connectivity index (χ1v) is 21.3. The lowest BCUT2D eigenvalue weighted by Gasteiger charge is -2.20. The Bertz CT molecular complexity index is 2110. The molecule has 0 nitrogen and oxygen atoms in total. The van der Waals surface area contributed by atoms with Crippen LogP contribution in [-0.2, 0) is 6.42 Å². The number of aryl methyl sites for hydroxylation is 1. The van der Waals surface area contributed by atoms with Gasteiger partial charge in [-0.15, -0.1) is 0 Å². The molecule has 0 atom stereocenters. The van der Waals surface area contributed by atoms with E-state index in [1.165, 1.54) is 141 Å². The maximum atomic E-state index is 5.67. The van der Waals surface area contributed by atoms with E-state index < -0.39 is 0 Å². The predicted octanol–water partition coefficient (Wildman–Crippen LogP) is 18.7. The van der Waals surface area contributed by atoms with E-state index in [1.807, 2.05) is 0 Å². The summed E-state index contributed by atoms with van der Waals surface area (Å²) < 4.78 is 0. The molecule has 0 bridgehead atoms. The van der Waals surface area contributed by atoms with E-state index in [0.717, 1.165) is 0 Å². The van der Waals surface area contributed by atoms with Gasteiger partial charge in [0, 0.05) is 0 Å². The summed E-state index contributed by atoms with van der Waals surface area (Å²) in [6, 6.07) is 38.2. The molecular formula is C48H42Cl6. The molecule has 276 valence electrons. The summed E-state index contributed by atoms with van der Waals surface area (Å²) in [7, 11) is 0. The second-order valence-corrected chi connectivity index (χ2v) is 16.6. The molecule has 6 heteroatoms. The molecule has 0 spiro atoms. The van der Waals surface area contributed by atoms with Crippen molar-refractivity contribution in [3.05, 3.63) is 139 Å². The quantitative estimate of drug-likeness (QED) is 0.0400. The van der Waals surface area contributed by atoms with E-state index >= 15 is 0 Å². The lowest BCUT2D eigenvalue weighted by Crippen LogP contribution is -1.91. The molecule has 0 unspecified atom stereocenters. The third-order valence-corrected chi connectivity index (χ3v) is 13.6. The molecule has 0 saturated carbocycles. The van der Waals surface area contributed by atoms with Gasteiger partial charge in [0.25, 0.3) is 0 Å². The van der Waals surface area contributed by atoms with Crippen LogP contribution in [-0.4, -0.2) is 0 Å². The van der Waals surface area contributed by atoms with Crippen LogP contribution in [0, 0.1) is 0 Å². The first kappa shape index (κ1) is 39.3. The summed E-state index contributed by atoms with van der Waals surface area (Å²) in [4.78, 5) is 0. The van der Waals surface area contributed by atoms with Crippen LogP contribution in [0.15, 0.2) is 103 Å². The first-order chi connectivity index (χ1) is 26.3. The van der Waals surface area contributed by atoms with Crippen LogP contribution in [0.2, 0.25) is 30.1 Å². The van der Waals surface area contributed by atoms with Gasteiger partial charge in [-0.05, 0) is 83.0 Å². The highest BCUT2D eigenvalue weighted by molar-refractivity contribution is 6.59. The van der Waals surface area contributed by atoms with E-state index in [4.69, 9.17) is 69.6 Å². The molecule has 54 heavy (non-hydrogen) atoms. The summed E-state index contributed by atoms with van der Waals surface area (Å²) >= 11 is 34.0. The van der Waals surface area contributed by atoms with E-state index in [9.17, 15) is 0 Å². The van der Waals surface area contributed by atoms with Gasteiger partial charge in [0.1, 0.15) is 0 Å². The van der Waals surface area contributed by atoms with Gasteiger partial charge in [-0.25, -0.2) is 0 Å². The molecule has 9 rings (SSSR count). The molecule has 0 aliphatic carbocycles. The lowest BCUT2D eigenvalue weighted by molar-refractivity contribution is 0.556. The number of hydrogen-bond acceptors (Lipinski definition) is 0. The highest BCUT2D eigenvalue weighted by Gasteiger charge is 2.20. The Kier molecular flexibility index (Phi) is 13.0. The van der Waals surface area contributed by atoms with Crippen molar-refractivity contribution in [3.63, 3.8) is 0 Å². The molecule has 0 heterocycles. The molecule has 9 aromatic carbocycles. The minimum Gasteiger partial charge on any atom is -0.0810 e. The number of hydrogen-bond donors (Lipinski definition) is 0. The van der Waals surface area contributed by atoms with Crippen LogP contribution in [0.25, 0.3) is 64.6 Å². The van der Waals surface area contributed by atoms with E-state index in [-0.39, 0.29) is 30.1 Å². The first-order valence-electron chi connectivity index (χ1n) is 19.1. The van der Waals surface area contributed by atoms with E-state index in [1.54, 1.807) is 0 Å². The van der Waals surface area contributed by atoms with Crippen molar-refractivity contribution in [2.75, 3.05) is 0 Å². The fourth-order valence-electron chi connectivity index (χ4n) is 7.93. The highest BCUT2D eigenvalue weighted by atomic mass is 35.5. The monoisotopic (exact) mass is 828 g/mol. The average molecular weight is 832 g/mol. The second kappa shape index (κ2) is 17.9. The van der Waals surface area contributed by atoms with Crippen molar-refractivity contribution in [1.29, 1.82) is 0 Å². The molecule has 0 aliphatic heterocycles. The molecule has 0 radical (unpaired) electrons. The van der Waals surface area contributed by atoms with Crippen molar-refractivity contribution in [2.45, 2.75) is 77.6 Å². The normalized spacial score (nSPS) is 11.7. The third-order valence-electron chi connectivity index (χ3n) is 10.7. The Morgan fingerprint density at radius 2 is 0.537 bits per heavy atom. The number of rotatable bonds is 11. The van der Waals surface area contributed by atoms with Crippen LogP contribution in [0.4, 0.5) is 0 Å². The zero-order valence-corrected chi connectivity index (χ0v) is 34.9. The van der Waals surface area contributed by atoms with Crippen LogP contribution < -0.4 is 0 Å². The van der Waals surface area contributed by atoms with Gasteiger partial charge in [-0.1, -0.05) is 237 Å². The zero-order chi connectivity index (χ0) is 37.8. The number of halogens is 6. The van der Waals surface area contributed by atoms with Crippen LogP contribution in [0.3, 0.4) is 0 Å². The summed E-state index contributed by atoms with van der Waals surface area (Å²) in [6.07, 6.45) is 15.5. The number of unbranched alkanes of at least 4 members (excludes halogenated alkanes) is 9. The predicted molar refractivity (Wildman–Crippen MR) is 244 cm³/mol. The fraction of sp³-hybridized carbons (Fsp3) is 0.250. The molecule has 0 N–H and O–H groups in total. The van der Waals surface area contributed by atoms with E-state index in [0.29, 0.717) is 0 Å². The average Bonchev–Trinajstić information content (AvgIpc) is 3.22. The van der Waals surface area contributed by atoms with Gasteiger partial charge in [-0.3, -0.25) is 0 Å². The minimum atomic E-state index is 0.109. The number of benzene rings is 9. The van der Waals surface area contributed by atoms with Crippen molar-refractivity contribution in [1.82, 2.24) is 0 Å². The van der Waals surface area contributed by atoms with Crippen molar-refractivity contribution >= 4 is 134 Å². The highest BCUT2D eigenvalue weighted by Crippen LogP contribution is 2.48. The maximum absolute atomic E-state index is 5.67. The van der Waals surface area contributed by atoms with Gasteiger partial charge in [0.15, 0.2) is 0 Å². The smallest absolute Gasteiger partial charge is 0.0810 e. The fourth-order valence-corrected chi connectivity index (χ4v) is 9.36. The Labute approximate surface area is 348 Å². The summed E-state index contributed by atoms with van der Waals surface area (Å²) in [5, 5.41) is 17.4. The molecule has 0 amide bonds. The van der Waals surface area contributed by atoms with Gasteiger partial charge in [0.05, 0.1) is 30.1 Å². The maximum Gasteiger partial charge on any atom is 0.0810 e. The van der Waals surface area contributed by atoms with Gasteiger partial charge in [-0.2, -0.15) is 0 Å². The topological polar surface area (TPSA) is 0 Å². The molecule has 0 fully saturated rings. The standard InChI is InChI=1S/C24H12.C18H30.C6Cl6/c1-2-14-5-6-16-9-11-18-12-10-17-8-7-15-4-3-13(1)19-20(14)22(16)24(18)23(17)21(15)19;1-2-3-4-5-6-7-8-9-10-12-15-18-16-13-11-14-17-18;7-1-2(8)4(10)6(12)5(11)3(1)9/h1-12H;11,13-14,16-17H,2-10,12,15H2,1H3;. The zero-order valence-electron chi connectivity index (χ0n) is 30.4. The molecular weight excluding hydrogens is 789 g/mol. The Balaban J connectivity index is 0.000000134. The van der Waals surface area contributed by atoms with Gasteiger partial charge in [0.2, 0.25) is 0 Å². The SMILES string of the molecule is CCCCCCCCCCCCc1ccccc1.Clc1c(Cl)c(Cl)c(Cl)c(Cl)c1Cl.c1cc2ccc3ccc4ccc5ccc6ccc1c1c2c3c4c5c61. The molecule has 0 aliphatic rings. The largest absolute Gasteiger partial charge is 0.0810 e. The van der Waals surface area contributed by atoms with Crippen molar-refractivity contribution in [2.24, 2.45) is 0 Å². The molecule has 9 aromatic rings. The lowest BCUT2D eigenvalue weighted by atomic mass is 9.83. The minimum absolute atomic E-state index is 0.109. The van der Waals surface area contributed by atoms with E-state index in [2.05, 4.69) is 110 Å². The van der Waals surface area contributed by atoms with Gasteiger partial charge < -0.3 is 0 Å². The van der Waals surface area contributed by atoms with Crippen LogP contribution >= 0.6 is 69.6 Å². The summed E-state index contributed by atoms with van der Waals surface area (Å²) in [6.45, 7) is 2.28. The van der Waals surface area contributed by atoms with Crippen molar-refractivity contribution in [3.8, 4) is 0 Å². The van der Waals surface area contributed by atoms with Crippen LogP contribution in [0.5, 0.6) is 0 Å².